The Kier molecular flexibility index (Phi) is 14.7. The van der Waals surface area contributed by atoms with Gasteiger partial charge in [0.05, 0.1) is 33.5 Å². The summed E-state index contributed by atoms with van der Waals surface area (Å²) in [6.45, 7) is 9.01. The van der Waals surface area contributed by atoms with Crippen molar-refractivity contribution in [3.05, 3.63) is 76.8 Å². The maximum absolute atomic E-state index is 14.5. The molecule has 1 fully saturated rings. The van der Waals surface area contributed by atoms with E-state index in [1.807, 2.05) is 44.2 Å². The molecule has 11 nitrogen and oxygen atoms in total. The fourth-order valence-corrected chi connectivity index (χ4v) is 5.57. The van der Waals surface area contributed by atoms with Gasteiger partial charge in [-0.15, -0.1) is 6.58 Å². The van der Waals surface area contributed by atoms with Gasteiger partial charge in [-0.05, 0) is 29.2 Å². The van der Waals surface area contributed by atoms with Gasteiger partial charge in [-0.3, -0.25) is 19.2 Å². The van der Waals surface area contributed by atoms with E-state index in [4.69, 9.17) is 14.2 Å². The van der Waals surface area contributed by atoms with Gasteiger partial charge in [0.1, 0.15) is 17.8 Å². The van der Waals surface area contributed by atoms with Crippen LogP contribution in [0.1, 0.15) is 43.9 Å². The lowest BCUT2D eigenvalue weighted by Gasteiger charge is -2.35. The third kappa shape index (κ3) is 11.6. The molecule has 1 heterocycles. The zero-order chi connectivity index (χ0) is 33.5. The number of hydrogen-bond donors (Lipinski definition) is 3. The molecule has 2 aromatic carbocycles. The Morgan fingerprint density at radius 1 is 1.07 bits per heavy atom. The van der Waals surface area contributed by atoms with E-state index in [1.54, 1.807) is 24.3 Å². The molecule has 0 aliphatic carbocycles. The number of ether oxygens (including phenoxy) is 3. The molecular weight excluding hydrogens is 656 g/mol. The summed E-state index contributed by atoms with van der Waals surface area (Å²) >= 11 is 3.50. The quantitative estimate of drug-likeness (QED) is 0.324. The SMILES string of the molecule is C=CCNC(=O)C(Cc1ccccc1)NC(=O)C(c1cc(Br)ccc1OC)N1CCOCCOCCNC(=O)CC(C)(C)CC1=O. The maximum Gasteiger partial charge on any atom is 0.248 e. The lowest BCUT2D eigenvalue weighted by molar-refractivity contribution is -0.144. The lowest BCUT2D eigenvalue weighted by Crippen LogP contribution is -2.53. The van der Waals surface area contributed by atoms with Crippen LogP contribution < -0.4 is 20.7 Å². The summed E-state index contributed by atoms with van der Waals surface area (Å²) in [5, 5.41) is 8.54. The van der Waals surface area contributed by atoms with Crippen molar-refractivity contribution in [1.29, 1.82) is 0 Å². The number of carbonyl (C=O) groups excluding carboxylic acids is 4. The van der Waals surface area contributed by atoms with Gasteiger partial charge >= 0.3 is 0 Å². The molecule has 2 atom stereocenters. The number of hydrogen-bond acceptors (Lipinski definition) is 7. The van der Waals surface area contributed by atoms with Crippen LogP contribution in [0.15, 0.2) is 65.7 Å². The molecule has 4 amide bonds. The van der Waals surface area contributed by atoms with E-state index in [2.05, 4.69) is 38.5 Å². The summed E-state index contributed by atoms with van der Waals surface area (Å²) < 4.78 is 17.7. The zero-order valence-corrected chi connectivity index (χ0v) is 28.4. The predicted octanol–water partition coefficient (Wildman–Crippen LogP) is 3.33. The molecule has 12 heteroatoms. The van der Waals surface area contributed by atoms with Crippen molar-refractivity contribution in [3.63, 3.8) is 0 Å². The van der Waals surface area contributed by atoms with Crippen molar-refractivity contribution in [1.82, 2.24) is 20.9 Å². The molecule has 0 radical (unpaired) electrons. The minimum absolute atomic E-state index is 0.0235. The highest BCUT2D eigenvalue weighted by atomic mass is 79.9. The predicted molar refractivity (Wildman–Crippen MR) is 178 cm³/mol. The highest BCUT2D eigenvalue weighted by Crippen LogP contribution is 2.35. The number of amides is 4. The van der Waals surface area contributed by atoms with Gasteiger partial charge < -0.3 is 35.1 Å². The fraction of sp³-hybridized carbons (Fsp3) is 0.471. The highest BCUT2D eigenvalue weighted by molar-refractivity contribution is 9.10. The number of halogens is 1. The van der Waals surface area contributed by atoms with Crippen molar-refractivity contribution in [3.8, 4) is 5.75 Å². The van der Waals surface area contributed by atoms with E-state index in [0.717, 1.165) is 5.56 Å². The number of nitrogens with zero attached hydrogens (tertiary/aromatic N) is 1. The van der Waals surface area contributed by atoms with Gasteiger partial charge in [0.15, 0.2) is 0 Å². The van der Waals surface area contributed by atoms with Crippen LogP contribution in [-0.4, -0.2) is 87.7 Å². The second-order valence-electron chi connectivity index (χ2n) is 11.8. The van der Waals surface area contributed by atoms with E-state index in [1.165, 1.54) is 12.0 Å². The molecule has 3 N–H and O–H groups in total. The molecule has 2 aromatic rings. The second-order valence-corrected chi connectivity index (χ2v) is 12.7. The largest absolute Gasteiger partial charge is 0.496 e. The van der Waals surface area contributed by atoms with E-state index >= 15 is 0 Å². The van der Waals surface area contributed by atoms with Crippen molar-refractivity contribution < 1.29 is 33.4 Å². The molecule has 3 rings (SSSR count). The summed E-state index contributed by atoms with van der Waals surface area (Å²) in [7, 11) is 1.49. The number of benzene rings is 2. The molecule has 0 spiro atoms. The summed E-state index contributed by atoms with van der Waals surface area (Å²) in [4.78, 5) is 56.1. The third-order valence-corrected chi connectivity index (χ3v) is 7.88. The third-order valence-electron chi connectivity index (χ3n) is 7.39. The molecule has 1 aliphatic heterocycles. The first-order valence-corrected chi connectivity index (χ1v) is 16.1. The first kappa shape index (κ1) is 36.7. The maximum atomic E-state index is 14.5. The fourth-order valence-electron chi connectivity index (χ4n) is 5.19. The molecule has 46 heavy (non-hydrogen) atoms. The number of rotatable bonds is 10. The lowest BCUT2D eigenvalue weighted by atomic mass is 9.84. The van der Waals surface area contributed by atoms with Gasteiger partial charge in [0.2, 0.25) is 23.6 Å². The van der Waals surface area contributed by atoms with E-state index in [-0.39, 0.29) is 57.4 Å². The van der Waals surface area contributed by atoms with E-state index in [9.17, 15) is 19.2 Å². The van der Waals surface area contributed by atoms with Crippen LogP contribution in [0.5, 0.6) is 5.75 Å². The molecule has 1 aliphatic rings. The summed E-state index contributed by atoms with van der Waals surface area (Å²) in [6.07, 6.45) is 1.85. The zero-order valence-electron chi connectivity index (χ0n) is 26.8. The number of nitrogens with one attached hydrogen (secondary N) is 3. The molecule has 250 valence electrons. The highest BCUT2D eigenvalue weighted by Gasteiger charge is 2.38. The van der Waals surface area contributed by atoms with Crippen LogP contribution in [0.4, 0.5) is 0 Å². The standard InChI is InChI=1S/C34H45BrN4O7/c1-5-13-37-32(42)27(20-24-9-7-6-8-10-24)38-33(43)31(26-21-25(35)11-12-28(26)44-4)39-15-17-46-19-18-45-16-14-36-29(40)22-34(2,3)23-30(39)41/h5-12,21,27,31H,1,13-20,22-23H2,2-4H3,(H,36,40)(H,37,42)(H,38,43). The summed E-state index contributed by atoms with van der Waals surface area (Å²) in [5.74, 6) is -1.13. The van der Waals surface area contributed by atoms with Crippen molar-refractivity contribution in [2.75, 3.05) is 53.2 Å². The van der Waals surface area contributed by atoms with Crippen LogP contribution in [0, 0.1) is 5.41 Å². The first-order chi connectivity index (χ1) is 22.0. The number of methoxy groups -OCH3 is 1. The Labute approximate surface area is 279 Å². The van der Waals surface area contributed by atoms with E-state index in [0.29, 0.717) is 35.5 Å². The molecule has 0 saturated carbocycles. The van der Waals surface area contributed by atoms with Crippen molar-refractivity contribution in [2.24, 2.45) is 5.41 Å². The average Bonchev–Trinajstić information content (AvgIpc) is 3.01. The Balaban J connectivity index is 2.06. The minimum Gasteiger partial charge on any atom is -0.496 e. The minimum atomic E-state index is -1.20. The molecule has 0 bridgehead atoms. The van der Waals surface area contributed by atoms with Crippen molar-refractivity contribution in [2.45, 2.75) is 45.2 Å². The normalized spacial score (nSPS) is 17.8. The van der Waals surface area contributed by atoms with Gasteiger partial charge in [-0.1, -0.05) is 66.2 Å². The Morgan fingerprint density at radius 3 is 2.48 bits per heavy atom. The van der Waals surface area contributed by atoms with Crippen LogP contribution >= 0.6 is 15.9 Å². The van der Waals surface area contributed by atoms with Gasteiger partial charge in [0, 0.05) is 48.9 Å². The Bertz CT molecular complexity index is 1340. The van der Waals surface area contributed by atoms with Crippen LogP contribution in [0.2, 0.25) is 0 Å². The average molecular weight is 702 g/mol. The number of carbonyl (C=O) groups is 4. The smallest absolute Gasteiger partial charge is 0.248 e. The second kappa shape index (κ2) is 18.4. The topological polar surface area (TPSA) is 135 Å². The van der Waals surface area contributed by atoms with Crippen molar-refractivity contribution >= 4 is 39.6 Å². The van der Waals surface area contributed by atoms with Crippen LogP contribution in [0.25, 0.3) is 0 Å². The molecule has 2 unspecified atom stereocenters. The first-order valence-electron chi connectivity index (χ1n) is 15.3. The van der Waals surface area contributed by atoms with E-state index < -0.39 is 29.3 Å². The van der Waals surface area contributed by atoms with Gasteiger partial charge in [0.25, 0.3) is 0 Å². The van der Waals surface area contributed by atoms with Gasteiger partial charge in [-0.25, -0.2) is 0 Å². The Hall–Kier alpha value is -3.74. The summed E-state index contributed by atoms with van der Waals surface area (Å²) in [5.41, 5.74) is 0.535. The Morgan fingerprint density at radius 2 is 1.78 bits per heavy atom. The molecular formula is C34H45BrN4O7. The van der Waals surface area contributed by atoms with Crippen LogP contribution in [-0.2, 0) is 35.1 Å². The summed E-state index contributed by atoms with van der Waals surface area (Å²) in [6, 6.07) is 12.4. The molecule has 1 saturated heterocycles. The monoisotopic (exact) mass is 700 g/mol. The van der Waals surface area contributed by atoms with Gasteiger partial charge in [-0.2, -0.15) is 0 Å². The van der Waals surface area contributed by atoms with Crippen LogP contribution in [0.3, 0.4) is 0 Å². The molecule has 0 aromatic heterocycles.